The average Bonchev–Trinajstić information content (AvgIpc) is 2.87. The molecule has 3 N–H and O–H groups in total. The van der Waals surface area contributed by atoms with Crippen LogP contribution in [-0.2, 0) is 11.3 Å². The van der Waals surface area contributed by atoms with Crippen LogP contribution in [0.1, 0.15) is 54.4 Å². The maximum atomic E-state index is 12.5. The Kier molecular flexibility index (Phi) is 6.70. The van der Waals surface area contributed by atoms with Gasteiger partial charge < -0.3 is 29.5 Å². The summed E-state index contributed by atoms with van der Waals surface area (Å²) in [6, 6.07) is 12.4. The number of carboxylic acids is 1. The zero-order chi connectivity index (χ0) is 24.7. The fraction of sp³-hybridized carbons (Fsp3) is 0.538. The lowest BCUT2D eigenvalue weighted by Crippen LogP contribution is -2.60. The first-order chi connectivity index (χ1) is 16.0. The van der Waals surface area contributed by atoms with Gasteiger partial charge in [0.25, 0.3) is 5.56 Å². The normalized spacial score (nSPS) is 32.2. The minimum absolute atomic E-state index is 0.0233. The van der Waals surface area contributed by atoms with Gasteiger partial charge in [0.1, 0.15) is 6.10 Å². The quantitative estimate of drug-likeness (QED) is 0.593. The molecule has 2 bridgehead atoms. The van der Waals surface area contributed by atoms with Gasteiger partial charge in [0.2, 0.25) is 0 Å². The van der Waals surface area contributed by atoms with Gasteiger partial charge in [-0.15, -0.1) is 0 Å². The molecule has 0 aliphatic carbocycles. The Morgan fingerprint density at radius 1 is 1.21 bits per heavy atom. The Labute approximate surface area is 199 Å². The van der Waals surface area contributed by atoms with Crippen LogP contribution in [0.15, 0.2) is 53.5 Å². The lowest BCUT2D eigenvalue weighted by Gasteiger charge is -2.52. The SMILES string of the molecule is CN(C)[C@@H]1CC[C@@]2(C(O)Cn3cc(C(=O)O)ccc3=O)C[C@H](c3ccccc3)C[C@](C)(O2)[C@H]1O. The predicted molar refractivity (Wildman–Crippen MR) is 127 cm³/mol. The van der Waals surface area contributed by atoms with E-state index in [0.717, 1.165) is 5.56 Å². The van der Waals surface area contributed by atoms with Gasteiger partial charge in [0, 0.05) is 18.3 Å². The van der Waals surface area contributed by atoms with Crippen molar-refractivity contribution in [2.24, 2.45) is 0 Å². The van der Waals surface area contributed by atoms with Gasteiger partial charge in [-0.1, -0.05) is 30.3 Å². The number of aromatic carboxylic acids is 1. The maximum Gasteiger partial charge on any atom is 0.337 e. The number of hydrogen-bond acceptors (Lipinski definition) is 6. The van der Waals surface area contributed by atoms with Gasteiger partial charge in [-0.3, -0.25) is 4.79 Å². The number of aromatic nitrogens is 1. The topological polar surface area (TPSA) is 112 Å². The summed E-state index contributed by atoms with van der Waals surface area (Å²) in [5.74, 6) is -1.09. The summed E-state index contributed by atoms with van der Waals surface area (Å²) < 4.78 is 7.90. The van der Waals surface area contributed by atoms with Crippen LogP contribution in [0.3, 0.4) is 0 Å². The Morgan fingerprint density at radius 3 is 2.56 bits per heavy atom. The largest absolute Gasteiger partial charge is 0.478 e. The van der Waals surface area contributed by atoms with Crippen LogP contribution in [0, 0.1) is 0 Å². The molecule has 2 aromatic rings. The molecule has 34 heavy (non-hydrogen) atoms. The molecule has 1 unspecified atom stereocenters. The molecule has 8 heteroatoms. The number of nitrogens with zero attached hydrogens (tertiary/aromatic N) is 2. The summed E-state index contributed by atoms with van der Waals surface area (Å²) >= 11 is 0. The molecule has 2 fully saturated rings. The molecule has 3 heterocycles. The lowest BCUT2D eigenvalue weighted by molar-refractivity contribution is -0.253. The van der Waals surface area contributed by atoms with Crippen LogP contribution in [-0.4, -0.2) is 74.3 Å². The molecule has 4 rings (SSSR count). The molecule has 2 aliphatic rings. The number of carboxylic acid groups (broad SMARTS) is 1. The highest BCUT2D eigenvalue weighted by molar-refractivity contribution is 5.87. The standard InChI is InChI=1S/C26H34N2O6/c1-25-13-19(17-7-5-4-6-8-17)14-26(34-25,12-11-20(23(25)31)27(2)3)21(29)16-28-15-18(24(32)33)9-10-22(28)30/h4-10,15,19-21,23,29,31H,11-14,16H2,1-3H3,(H,32,33)/t19-,20-,21?,23+,25+,26+/m1/s1. The third-order valence-electron chi connectivity index (χ3n) is 7.68. The van der Waals surface area contributed by atoms with Crippen molar-refractivity contribution < 1.29 is 24.9 Å². The minimum Gasteiger partial charge on any atom is -0.478 e. The highest BCUT2D eigenvalue weighted by Crippen LogP contribution is 2.51. The van der Waals surface area contributed by atoms with E-state index in [4.69, 9.17) is 4.74 Å². The van der Waals surface area contributed by atoms with Crippen molar-refractivity contribution in [2.75, 3.05) is 14.1 Å². The first-order valence-corrected chi connectivity index (χ1v) is 11.8. The Balaban J connectivity index is 1.74. The van der Waals surface area contributed by atoms with E-state index in [1.54, 1.807) is 0 Å². The third-order valence-corrected chi connectivity index (χ3v) is 7.68. The van der Waals surface area contributed by atoms with E-state index >= 15 is 0 Å². The monoisotopic (exact) mass is 470 g/mol. The molecule has 0 amide bonds. The first kappa shape index (κ1) is 24.6. The van der Waals surface area contributed by atoms with Crippen molar-refractivity contribution >= 4 is 5.97 Å². The number of fused-ring (bicyclic) bond motifs is 2. The number of ether oxygens (including phenoxy) is 1. The summed E-state index contributed by atoms with van der Waals surface area (Å²) in [7, 11) is 3.86. The number of likely N-dealkylation sites (N-methyl/N-ethyl adjacent to an activating group) is 1. The summed E-state index contributed by atoms with van der Waals surface area (Å²) in [5, 5.41) is 32.3. The van der Waals surface area contributed by atoms with E-state index in [-0.39, 0.29) is 24.1 Å². The molecule has 0 radical (unpaired) electrons. The second kappa shape index (κ2) is 9.26. The highest BCUT2D eigenvalue weighted by Gasteiger charge is 2.57. The van der Waals surface area contributed by atoms with Crippen molar-refractivity contribution in [3.63, 3.8) is 0 Å². The summed E-state index contributed by atoms with van der Waals surface area (Å²) in [6.45, 7) is 1.81. The van der Waals surface area contributed by atoms with Gasteiger partial charge >= 0.3 is 5.97 Å². The Morgan fingerprint density at radius 2 is 1.91 bits per heavy atom. The number of aliphatic hydroxyl groups excluding tert-OH is 2. The molecule has 1 aromatic carbocycles. The second-order valence-corrected chi connectivity index (χ2v) is 10.2. The molecule has 0 saturated carbocycles. The molecule has 8 nitrogen and oxygen atoms in total. The number of rotatable bonds is 6. The minimum atomic E-state index is -1.14. The molecular weight excluding hydrogens is 436 g/mol. The van der Waals surface area contributed by atoms with Crippen LogP contribution >= 0.6 is 0 Å². The van der Waals surface area contributed by atoms with Crippen molar-refractivity contribution in [1.82, 2.24) is 9.47 Å². The smallest absolute Gasteiger partial charge is 0.337 e. The average molecular weight is 471 g/mol. The molecule has 1 aromatic heterocycles. The Bertz CT molecular complexity index is 1090. The van der Waals surface area contributed by atoms with E-state index in [1.165, 1.54) is 22.9 Å². The van der Waals surface area contributed by atoms with Crippen molar-refractivity contribution in [3.8, 4) is 0 Å². The summed E-state index contributed by atoms with van der Waals surface area (Å²) in [6.07, 6.45) is 1.68. The van der Waals surface area contributed by atoms with E-state index in [9.17, 15) is 24.9 Å². The maximum absolute atomic E-state index is 12.5. The van der Waals surface area contributed by atoms with E-state index in [0.29, 0.717) is 25.7 Å². The second-order valence-electron chi connectivity index (χ2n) is 10.2. The first-order valence-electron chi connectivity index (χ1n) is 11.8. The molecule has 2 aliphatic heterocycles. The third kappa shape index (κ3) is 4.55. The fourth-order valence-corrected chi connectivity index (χ4v) is 5.84. The van der Waals surface area contributed by atoms with Crippen molar-refractivity contribution in [3.05, 3.63) is 70.1 Å². The number of aliphatic hydroxyl groups is 2. The lowest BCUT2D eigenvalue weighted by atomic mass is 9.72. The van der Waals surface area contributed by atoms with Gasteiger partial charge in [-0.05, 0) is 64.3 Å². The molecule has 6 atom stereocenters. The summed E-state index contributed by atoms with van der Waals surface area (Å²) in [4.78, 5) is 25.9. The highest BCUT2D eigenvalue weighted by atomic mass is 16.6. The zero-order valence-corrected chi connectivity index (χ0v) is 19.9. The van der Waals surface area contributed by atoms with Crippen molar-refractivity contribution in [2.45, 2.75) is 74.5 Å². The van der Waals surface area contributed by atoms with Gasteiger partial charge in [0.05, 0.1) is 29.4 Å². The Hall–Kier alpha value is -2.52. The van der Waals surface area contributed by atoms with Gasteiger partial charge in [-0.25, -0.2) is 4.79 Å². The van der Waals surface area contributed by atoms with E-state index in [1.807, 2.05) is 44.1 Å². The number of benzene rings is 1. The van der Waals surface area contributed by atoms with E-state index in [2.05, 4.69) is 12.1 Å². The molecule has 2 saturated heterocycles. The molecular formula is C26H34N2O6. The van der Waals surface area contributed by atoms with Crippen LogP contribution in [0.2, 0.25) is 0 Å². The number of hydrogen-bond donors (Lipinski definition) is 3. The fourth-order valence-electron chi connectivity index (χ4n) is 5.84. The van der Waals surface area contributed by atoms with Crippen molar-refractivity contribution in [1.29, 1.82) is 0 Å². The number of carbonyl (C=O) groups is 1. The van der Waals surface area contributed by atoms with Crippen LogP contribution < -0.4 is 5.56 Å². The number of pyridine rings is 1. The molecule has 0 spiro atoms. The van der Waals surface area contributed by atoms with Crippen LogP contribution in [0.5, 0.6) is 0 Å². The van der Waals surface area contributed by atoms with E-state index < -0.39 is 34.9 Å². The van der Waals surface area contributed by atoms with Gasteiger partial charge in [0.15, 0.2) is 0 Å². The molecule has 184 valence electrons. The summed E-state index contributed by atoms with van der Waals surface area (Å²) in [5.41, 5.74) is -1.20. The van der Waals surface area contributed by atoms with Crippen LogP contribution in [0.25, 0.3) is 0 Å². The van der Waals surface area contributed by atoms with Crippen LogP contribution in [0.4, 0.5) is 0 Å². The predicted octanol–water partition coefficient (Wildman–Crippen LogP) is 2.08. The van der Waals surface area contributed by atoms with Gasteiger partial charge in [-0.2, -0.15) is 0 Å². The zero-order valence-electron chi connectivity index (χ0n) is 19.9.